The lowest BCUT2D eigenvalue weighted by atomic mass is 10.0. The third kappa shape index (κ3) is 5.97. The second-order valence-corrected chi connectivity index (χ2v) is 4.42. The first-order chi connectivity index (χ1) is 8.74. The zero-order valence-corrected chi connectivity index (χ0v) is 11.3. The number of hydrogen-bond donors (Lipinski definition) is 0. The summed E-state index contributed by atoms with van der Waals surface area (Å²) in [5.41, 5.74) is 3.76. The van der Waals surface area contributed by atoms with Crippen molar-refractivity contribution in [3.63, 3.8) is 0 Å². The van der Waals surface area contributed by atoms with Gasteiger partial charge in [0.15, 0.2) is 5.78 Å². The van der Waals surface area contributed by atoms with Crippen LogP contribution in [0.4, 0.5) is 0 Å². The molecule has 1 rings (SSSR count). The van der Waals surface area contributed by atoms with E-state index in [4.69, 9.17) is 9.47 Å². The van der Waals surface area contributed by atoms with Crippen molar-refractivity contribution in [1.29, 1.82) is 0 Å². The van der Waals surface area contributed by atoms with E-state index in [1.54, 1.807) is 7.11 Å². The second kappa shape index (κ2) is 8.87. The number of methoxy groups -OCH3 is 1. The molecule has 1 aliphatic carbocycles. The number of carbonyl (C=O) groups excluding carboxylic acids is 1. The van der Waals surface area contributed by atoms with E-state index in [1.165, 1.54) is 0 Å². The minimum atomic E-state index is -0.000205. The highest BCUT2D eigenvalue weighted by Gasteiger charge is 2.05. The lowest BCUT2D eigenvalue weighted by Crippen LogP contribution is -2.11. The van der Waals surface area contributed by atoms with Gasteiger partial charge in [0.1, 0.15) is 6.79 Å². The Bertz CT molecular complexity index is 349. The standard InChI is InChI=1S/C15H22O3/c1-13-8-7-10-14(18-12-17-2)9-5-3-4-6-11-15(13)16/h5,7,9,14H,3-4,6,10-12H2,1-2H3/b9-5+. The molecule has 0 heterocycles. The van der Waals surface area contributed by atoms with Crippen LogP contribution in [-0.2, 0) is 14.3 Å². The van der Waals surface area contributed by atoms with Crippen LogP contribution in [-0.4, -0.2) is 25.8 Å². The Morgan fingerprint density at radius 3 is 3.06 bits per heavy atom. The molecule has 100 valence electrons. The average Bonchev–Trinajstić information content (AvgIpc) is 2.37. The highest BCUT2D eigenvalue weighted by Crippen LogP contribution is 2.10. The van der Waals surface area contributed by atoms with Crippen molar-refractivity contribution in [2.75, 3.05) is 13.9 Å². The summed E-state index contributed by atoms with van der Waals surface area (Å²) in [5, 5.41) is 0. The van der Waals surface area contributed by atoms with Crippen LogP contribution in [0.3, 0.4) is 0 Å². The van der Waals surface area contributed by atoms with Gasteiger partial charge in [-0.1, -0.05) is 12.2 Å². The molecule has 1 aliphatic rings. The maximum absolute atomic E-state index is 11.7. The smallest absolute Gasteiger partial charge is 0.166 e. The van der Waals surface area contributed by atoms with Gasteiger partial charge in [-0.25, -0.2) is 0 Å². The van der Waals surface area contributed by atoms with E-state index >= 15 is 0 Å². The fraction of sp³-hybridized carbons (Fsp3) is 0.600. The van der Waals surface area contributed by atoms with Gasteiger partial charge < -0.3 is 9.47 Å². The van der Waals surface area contributed by atoms with E-state index < -0.39 is 0 Å². The monoisotopic (exact) mass is 250 g/mol. The molecule has 0 saturated carbocycles. The summed E-state index contributed by atoms with van der Waals surface area (Å²) in [6, 6.07) is 0. The van der Waals surface area contributed by atoms with Crippen molar-refractivity contribution in [1.82, 2.24) is 0 Å². The van der Waals surface area contributed by atoms with Gasteiger partial charge in [-0.2, -0.15) is 0 Å². The van der Waals surface area contributed by atoms with Crippen LogP contribution in [0.5, 0.6) is 0 Å². The summed E-state index contributed by atoms with van der Waals surface area (Å²) in [5.74, 6) is 0.199. The molecule has 0 spiro atoms. The van der Waals surface area contributed by atoms with Crippen LogP contribution in [0.1, 0.15) is 39.0 Å². The molecule has 1 atom stereocenters. The SMILES string of the molecule is COCOC1/C=C/CCCCC(=O)C(C)=C=CC1. The minimum Gasteiger partial charge on any atom is -0.359 e. The first kappa shape index (κ1) is 14.9. The summed E-state index contributed by atoms with van der Waals surface area (Å²) in [7, 11) is 1.61. The molecular formula is C15H22O3. The van der Waals surface area contributed by atoms with Crippen molar-refractivity contribution in [2.24, 2.45) is 0 Å². The zero-order valence-electron chi connectivity index (χ0n) is 11.3. The first-order valence-electron chi connectivity index (χ1n) is 6.46. The van der Waals surface area contributed by atoms with Crippen molar-refractivity contribution in [3.8, 4) is 0 Å². The molecule has 3 nitrogen and oxygen atoms in total. The summed E-state index contributed by atoms with van der Waals surface area (Å²) in [4.78, 5) is 11.7. The van der Waals surface area contributed by atoms with E-state index in [-0.39, 0.29) is 18.7 Å². The number of allylic oxidation sites excluding steroid dienone is 1. The summed E-state index contributed by atoms with van der Waals surface area (Å²) in [6.45, 7) is 2.11. The Morgan fingerprint density at radius 2 is 2.28 bits per heavy atom. The highest BCUT2D eigenvalue weighted by atomic mass is 16.7. The maximum Gasteiger partial charge on any atom is 0.166 e. The zero-order chi connectivity index (χ0) is 13.2. The molecule has 0 saturated heterocycles. The number of carbonyl (C=O) groups is 1. The van der Waals surface area contributed by atoms with Gasteiger partial charge in [0.2, 0.25) is 0 Å². The number of Topliss-reactive ketones (excluding diaryl/α,β-unsaturated/α-hetero) is 1. The second-order valence-electron chi connectivity index (χ2n) is 4.42. The van der Waals surface area contributed by atoms with Crippen LogP contribution in [0, 0.1) is 0 Å². The normalized spacial score (nSPS) is 24.0. The van der Waals surface area contributed by atoms with E-state index in [0.29, 0.717) is 18.4 Å². The van der Waals surface area contributed by atoms with Gasteiger partial charge >= 0.3 is 0 Å². The quantitative estimate of drug-likeness (QED) is 0.438. The summed E-state index contributed by atoms with van der Waals surface area (Å²) < 4.78 is 10.4. The van der Waals surface area contributed by atoms with Crippen LogP contribution < -0.4 is 0 Å². The Hall–Kier alpha value is -1.15. The largest absolute Gasteiger partial charge is 0.359 e. The molecule has 0 fully saturated rings. The number of ether oxygens (including phenoxy) is 2. The molecule has 0 amide bonds. The lowest BCUT2D eigenvalue weighted by molar-refractivity contribution is -0.115. The Morgan fingerprint density at radius 1 is 1.44 bits per heavy atom. The number of hydrogen-bond acceptors (Lipinski definition) is 3. The molecule has 18 heavy (non-hydrogen) atoms. The van der Waals surface area contributed by atoms with Crippen LogP contribution >= 0.6 is 0 Å². The fourth-order valence-corrected chi connectivity index (χ4v) is 1.75. The molecule has 0 aromatic rings. The predicted octanol–water partition coefficient (Wildman–Crippen LogP) is 3.17. The molecule has 0 aromatic heterocycles. The fourth-order valence-electron chi connectivity index (χ4n) is 1.75. The average molecular weight is 250 g/mol. The van der Waals surface area contributed by atoms with Gasteiger partial charge in [0.25, 0.3) is 0 Å². The lowest BCUT2D eigenvalue weighted by Gasteiger charge is -2.11. The third-order valence-electron chi connectivity index (χ3n) is 2.86. The Balaban J connectivity index is 2.69. The van der Waals surface area contributed by atoms with Gasteiger partial charge in [0, 0.05) is 25.5 Å². The summed E-state index contributed by atoms with van der Waals surface area (Å²) in [6.07, 6.45) is 10.4. The molecule has 1 unspecified atom stereocenters. The Kier molecular flexibility index (Phi) is 7.35. The van der Waals surface area contributed by atoms with E-state index in [2.05, 4.69) is 17.9 Å². The highest BCUT2D eigenvalue weighted by molar-refractivity contribution is 5.94. The maximum atomic E-state index is 11.7. The molecule has 0 aromatic carbocycles. The van der Waals surface area contributed by atoms with Crippen molar-refractivity contribution in [2.45, 2.75) is 45.1 Å². The number of rotatable bonds is 3. The van der Waals surface area contributed by atoms with E-state index in [9.17, 15) is 4.79 Å². The van der Waals surface area contributed by atoms with Gasteiger partial charge in [-0.15, -0.1) is 5.73 Å². The summed E-state index contributed by atoms with van der Waals surface area (Å²) >= 11 is 0. The van der Waals surface area contributed by atoms with Crippen LogP contribution in [0.2, 0.25) is 0 Å². The molecule has 0 aliphatic heterocycles. The van der Waals surface area contributed by atoms with Crippen LogP contribution in [0.15, 0.2) is 29.5 Å². The Labute approximate surface area is 109 Å². The van der Waals surface area contributed by atoms with Gasteiger partial charge in [-0.3, -0.25) is 4.79 Å². The van der Waals surface area contributed by atoms with Crippen LogP contribution in [0.25, 0.3) is 0 Å². The first-order valence-corrected chi connectivity index (χ1v) is 6.46. The third-order valence-corrected chi connectivity index (χ3v) is 2.86. The minimum absolute atomic E-state index is 0.000205. The van der Waals surface area contributed by atoms with E-state index in [1.807, 2.05) is 13.0 Å². The van der Waals surface area contributed by atoms with Gasteiger partial charge in [-0.05, 0) is 32.3 Å². The van der Waals surface area contributed by atoms with Crippen molar-refractivity contribution < 1.29 is 14.3 Å². The molecule has 0 N–H and O–H groups in total. The van der Waals surface area contributed by atoms with Crippen molar-refractivity contribution in [3.05, 3.63) is 29.5 Å². The number of ketones is 1. The van der Waals surface area contributed by atoms with E-state index in [0.717, 1.165) is 19.3 Å². The molecular weight excluding hydrogens is 228 g/mol. The predicted molar refractivity (Wildman–Crippen MR) is 71.3 cm³/mol. The molecule has 3 heteroatoms. The molecule has 0 radical (unpaired) electrons. The van der Waals surface area contributed by atoms with Gasteiger partial charge in [0.05, 0.1) is 6.10 Å². The van der Waals surface area contributed by atoms with Crippen molar-refractivity contribution >= 4 is 5.78 Å². The molecule has 0 bridgehead atoms. The topological polar surface area (TPSA) is 35.5 Å².